The van der Waals surface area contributed by atoms with Crippen molar-refractivity contribution in [3.63, 3.8) is 0 Å². The second-order valence-corrected chi connectivity index (χ2v) is 5.15. The summed E-state index contributed by atoms with van der Waals surface area (Å²) in [5.41, 5.74) is 0.448. The van der Waals surface area contributed by atoms with Crippen molar-refractivity contribution in [2.45, 2.75) is 0 Å². The monoisotopic (exact) mass is 297 g/mol. The molecule has 0 radical (unpaired) electrons. The van der Waals surface area contributed by atoms with Gasteiger partial charge in [-0.2, -0.15) is 10.5 Å². The first-order valence-electron chi connectivity index (χ1n) is 5.97. The van der Waals surface area contributed by atoms with Gasteiger partial charge >= 0.3 is 0 Å². The van der Waals surface area contributed by atoms with Crippen molar-refractivity contribution >= 4 is 23.0 Å². The van der Waals surface area contributed by atoms with Crippen LogP contribution in [0.15, 0.2) is 29.1 Å². The molecule has 0 aliphatic heterocycles. The Hall–Kier alpha value is -2.83. The Kier molecular flexibility index (Phi) is 4.22. The van der Waals surface area contributed by atoms with E-state index in [2.05, 4.69) is 0 Å². The molecule has 0 unspecified atom stereocenters. The average Bonchev–Trinajstić information content (AvgIpc) is 2.78. The second-order valence-electron chi connectivity index (χ2n) is 4.12. The molecule has 0 saturated carbocycles. The maximum absolute atomic E-state index is 12.2. The highest BCUT2D eigenvalue weighted by molar-refractivity contribution is 7.07. The number of nitrogens with zero attached hydrogens (tertiary/aromatic N) is 3. The van der Waals surface area contributed by atoms with E-state index >= 15 is 0 Å². The zero-order chi connectivity index (χ0) is 15.4. The minimum Gasteiger partial charge on any atom is -0.496 e. The average molecular weight is 297 g/mol. The van der Waals surface area contributed by atoms with Crippen molar-refractivity contribution in [3.8, 4) is 17.9 Å². The third kappa shape index (κ3) is 2.71. The van der Waals surface area contributed by atoms with Gasteiger partial charge in [-0.25, -0.2) is 0 Å². The van der Waals surface area contributed by atoms with Crippen molar-refractivity contribution in [1.29, 1.82) is 10.5 Å². The molecule has 21 heavy (non-hydrogen) atoms. The van der Waals surface area contributed by atoms with E-state index in [0.717, 1.165) is 16.9 Å². The summed E-state index contributed by atoms with van der Waals surface area (Å²) in [7, 11) is 3.10. The predicted molar refractivity (Wildman–Crippen MR) is 80.0 cm³/mol. The molecular formula is C15H11N3O2S. The summed E-state index contributed by atoms with van der Waals surface area (Å²) in [5.74, 6) is 0.652. The van der Waals surface area contributed by atoms with Gasteiger partial charge in [-0.3, -0.25) is 4.79 Å². The van der Waals surface area contributed by atoms with Gasteiger partial charge in [-0.05, 0) is 12.1 Å². The maximum atomic E-state index is 12.2. The highest BCUT2D eigenvalue weighted by atomic mass is 32.1. The van der Waals surface area contributed by atoms with E-state index < -0.39 is 0 Å². The fourth-order valence-corrected chi connectivity index (χ4v) is 2.86. The van der Waals surface area contributed by atoms with Crippen LogP contribution in [0.25, 0.3) is 11.6 Å². The molecule has 1 aromatic heterocycles. The summed E-state index contributed by atoms with van der Waals surface area (Å²) in [6.45, 7) is 0. The number of para-hydroxylation sites is 1. The van der Waals surface area contributed by atoms with E-state index in [-0.39, 0.29) is 11.1 Å². The molecule has 2 rings (SSSR count). The number of nitriles is 2. The lowest BCUT2D eigenvalue weighted by Gasteiger charge is -2.02. The molecule has 0 bridgehead atoms. The largest absolute Gasteiger partial charge is 0.496 e. The van der Waals surface area contributed by atoms with E-state index in [0.29, 0.717) is 14.9 Å². The summed E-state index contributed by atoms with van der Waals surface area (Å²) in [6.07, 6.45) is 1.70. The van der Waals surface area contributed by atoms with Crippen LogP contribution in [-0.4, -0.2) is 11.7 Å². The topological polar surface area (TPSA) is 78.8 Å². The van der Waals surface area contributed by atoms with Gasteiger partial charge in [0.2, 0.25) is 0 Å². The van der Waals surface area contributed by atoms with Gasteiger partial charge in [0.05, 0.1) is 11.6 Å². The quantitative estimate of drug-likeness (QED) is 0.807. The van der Waals surface area contributed by atoms with E-state index in [1.807, 2.05) is 18.2 Å². The van der Waals surface area contributed by atoms with Gasteiger partial charge in [0.25, 0.3) is 5.56 Å². The highest BCUT2D eigenvalue weighted by Crippen LogP contribution is 2.17. The summed E-state index contributed by atoms with van der Waals surface area (Å²) in [6, 6.07) is 10.9. The molecule has 0 N–H and O–H groups in total. The molecule has 2 aromatic rings. The number of hydrogen-bond donors (Lipinski definition) is 0. The number of methoxy groups -OCH3 is 1. The Morgan fingerprint density at radius 2 is 2.00 bits per heavy atom. The number of rotatable bonds is 2. The SMILES string of the molecule is COc1ccccc1/C=c1\sc(=C(C#N)C#N)n(C)c1=O. The van der Waals surface area contributed by atoms with Crippen LogP contribution >= 0.6 is 11.3 Å². The van der Waals surface area contributed by atoms with E-state index in [9.17, 15) is 4.79 Å². The summed E-state index contributed by atoms with van der Waals surface area (Å²) < 4.78 is 7.35. The van der Waals surface area contributed by atoms with Crippen molar-refractivity contribution in [3.05, 3.63) is 49.4 Å². The zero-order valence-electron chi connectivity index (χ0n) is 11.5. The summed E-state index contributed by atoms with van der Waals surface area (Å²) >= 11 is 1.11. The number of ether oxygens (including phenoxy) is 1. The molecule has 0 spiro atoms. The van der Waals surface area contributed by atoms with Gasteiger partial charge in [0.15, 0.2) is 5.57 Å². The van der Waals surface area contributed by atoms with Gasteiger partial charge in [0.1, 0.15) is 22.6 Å². The molecule has 0 fully saturated rings. The first-order valence-corrected chi connectivity index (χ1v) is 6.79. The zero-order valence-corrected chi connectivity index (χ0v) is 12.3. The lowest BCUT2D eigenvalue weighted by Crippen LogP contribution is -2.29. The number of thiazole rings is 1. The molecule has 1 heterocycles. The van der Waals surface area contributed by atoms with Crippen LogP contribution in [0.2, 0.25) is 0 Å². The normalized spacial score (nSPS) is 10.8. The van der Waals surface area contributed by atoms with Crippen LogP contribution in [-0.2, 0) is 7.05 Å². The van der Waals surface area contributed by atoms with Gasteiger partial charge < -0.3 is 9.30 Å². The molecule has 0 saturated heterocycles. The van der Waals surface area contributed by atoms with Crippen LogP contribution in [0.4, 0.5) is 0 Å². The lowest BCUT2D eigenvalue weighted by molar-refractivity contribution is 0.414. The molecule has 0 atom stereocenters. The molecule has 0 aliphatic rings. The van der Waals surface area contributed by atoms with Crippen LogP contribution in [0, 0.1) is 22.7 Å². The number of benzene rings is 1. The molecule has 1 aromatic carbocycles. The van der Waals surface area contributed by atoms with Crippen LogP contribution < -0.4 is 19.5 Å². The molecule has 6 heteroatoms. The Labute approximate surface area is 124 Å². The fourth-order valence-electron chi connectivity index (χ4n) is 1.83. The molecular weight excluding hydrogens is 286 g/mol. The summed E-state index contributed by atoms with van der Waals surface area (Å²) in [4.78, 5) is 12.2. The highest BCUT2D eigenvalue weighted by Gasteiger charge is 2.06. The number of aromatic nitrogens is 1. The van der Waals surface area contributed by atoms with Crippen LogP contribution in [0.5, 0.6) is 5.75 Å². The Morgan fingerprint density at radius 3 is 2.62 bits per heavy atom. The maximum Gasteiger partial charge on any atom is 0.268 e. The Bertz CT molecular complexity index is 923. The third-order valence-electron chi connectivity index (χ3n) is 2.89. The standard InChI is InChI=1S/C15H11N3O2S/c1-18-14(19)13(21-15(18)11(8-16)9-17)7-10-5-3-4-6-12(10)20-2/h3-7H,1-2H3/b13-7-. The van der Waals surface area contributed by atoms with Gasteiger partial charge in [-0.1, -0.05) is 18.2 Å². The Balaban J connectivity index is 2.80. The van der Waals surface area contributed by atoms with Crippen LogP contribution in [0.1, 0.15) is 5.56 Å². The van der Waals surface area contributed by atoms with Gasteiger partial charge in [0, 0.05) is 12.6 Å². The fraction of sp³-hybridized carbons (Fsp3) is 0.133. The lowest BCUT2D eigenvalue weighted by atomic mass is 10.2. The van der Waals surface area contributed by atoms with Crippen molar-refractivity contribution in [1.82, 2.24) is 4.57 Å². The molecule has 0 amide bonds. The Morgan fingerprint density at radius 1 is 1.33 bits per heavy atom. The first-order chi connectivity index (χ1) is 10.1. The molecule has 104 valence electrons. The second kappa shape index (κ2) is 6.08. The molecule has 0 aliphatic carbocycles. The number of hydrogen-bond acceptors (Lipinski definition) is 5. The van der Waals surface area contributed by atoms with Crippen molar-refractivity contribution < 1.29 is 4.74 Å². The van der Waals surface area contributed by atoms with Crippen molar-refractivity contribution in [2.24, 2.45) is 7.05 Å². The van der Waals surface area contributed by atoms with E-state index in [1.165, 1.54) is 4.57 Å². The molecule has 5 nitrogen and oxygen atoms in total. The third-order valence-corrected chi connectivity index (χ3v) is 4.07. The van der Waals surface area contributed by atoms with Crippen LogP contribution in [0.3, 0.4) is 0 Å². The van der Waals surface area contributed by atoms with Crippen molar-refractivity contribution in [2.75, 3.05) is 7.11 Å². The minimum atomic E-state index is -0.246. The summed E-state index contributed by atoms with van der Waals surface area (Å²) in [5, 5.41) is 17.9. The van der Waals surface area contributed by atoms with Gasteiger partial charge in [-0.15, -0.1) is 11.3 Å². The van der Waals surface area contributed by atoms with E-state index in [4.69, 9.17) is 15.3 Å². The predicted octanol–water partition coefficient (Wildman–Crippen LogP) is 0.482. The smallest absolute Gasteiger partial charge is 0.268 e. The van der Waals surface area contributed by atoms with E-state index in [1.54, 1.807) is 38.4 Å². The minimum absolute atomic E-state index is 0.0701. The first kappa shape index (κ1) is 14.6.